The van der Waals surface area contributed by atoms with Gasteiger partial charge in [0.05, 0.1) is 37.1 Å². The first-order chi connectivity index (χ1) is 14.9. The Morgan fingerprint density at radius 2 is 2.06 bits per heavy atom. The van der Waals surface area contributed by atoms with Crippen LogP contribution < -0.4 is 11.1 Å². The molecule has 0 bridgehead atoms. The van der Waals surface area contributed by atoms with E-state index < -0.39 is 12.1 Å². The van der Waals surface area contributed by atoms with Gasteiger partial charge in [-0.2, -0.15) is 5.10 Å². The molecular formula is C21H25ClN6O3. The number of aromatic nitrogens is 3. The van der Waals surface area contributed by atoms with Gasteiger partial charge in [-0.1, -0.05) is 41.9 Å². The van der Waals surface area contributed by atoms with Crippen molar-refractivity contribution in [2.45, 2.75) is 25.4 Å². The highest BCUT2D eigenvalue weighted by Crippen LogP contribution is 2.23. The second-order valence-electron chi connectivity index (χ2n) is 7.10. The number of nitrogens with one attached hydrogen (secondary N) is 1. The lowest BCUT2D eigenvalue weighted by Crippen LogP contribution is -2.35. The molecule has 3 amide bonds. The predicted molar refractivity (Wildman–Crippen MR) is 117 cm³/mol. The first-order valence-electron chi connectivity index (χ1n) is 9.80. The van der Waals surface area contributed by atoms with Crippen molar-refractivity contribution in [3.63, 3.8) is 0 Å². The van der Waals surface area contributed by atoms with Crippen LogP contribution in [0.1, 0.15) is 30.1 Å². The highest BCUT2D eigenvalue weighted by Gasteiger charge is 2.20. The molecule has 2 aromatic heterocycles. The van der Waals surface area contributed by atoms with E-state index in [1.807, 2.05) is 37.4 Å². The number of aryl methyl sites for hydroxylation is 1. The van der Waals surface area contributed by atoms with Gasteiger partial charge in [0.15, 0.2) is 0 Å². The molecule has 3 aromatic rings. The van der Waals surface area contributed by atoms with Crippen LogP contribution >= 0.6 is 11.6 Å². The molecule has 0 aliphatic carbocycles. The van der Waals surface area contributed by atoms with E-state index in [4.69, 9.17) is 22.1 Å². The monoisotopic (exact) mass is 444 g/mol. The number of carbonyl (C=O) groups excluding carboxylic acids is 2. The van der Waals surface area contributed by atoms with Crippen LogP contribution in [0.5, 0.6) is 0 Å². The molecule has 1 atom stereocenters. The largest absolute Gasteiger partial charge is 0.453 e. The Bertz CT molecular complexity index is 1060. The van der Waals surface area contributed by atoms with Crippen molar-refractivity contribution in [1.82, 2.24) is 25.0 Å². The lowest BCUT2D eigenvalue weighted by Gasteiger charge is -2.23. The highest BCUT2D eigenvalue weighted by atomic mass is 35.5. The van der Waals surface area contributed by atoms with Crippen LogP contribution in [0.15, 0.2) is 42.6 Å². The van der Waals surface area contributed by atoms with E-state index >= 15 is 0 Å². The molecule has 3 N–H and O–H groups in total. The number of fused-ring (bicyclic) bond motifs is 1. The topological polar surface area (TPSA) is 115 Å². The zero-order chi connectivity index (χ0) is 22.4. The summed E-state index contributed by atoms with van der Waals surface area (Å²) in [6.07, 6.45) is 2.42. The summed E-state index contributed by atoms with van der Waals surface area (Å²) in [5, 5.41) is 8.18. The maximum absolute atomic E-state index is 12.4. The Morgan fingerprint density at radius 3 is 2.74 bits per heavy atom. The fraction of sp³-hybridized carbons (Fsp3) is 0.333. The molecule has 0 saturated heterocycles. The standard InChI is InChI=1S/C21H25ClN6O3/c1-27-19-15(12-24-27)11-18(22)25-17(19)13-28(21(30)31-2)10-6-9-16(26-20(23)29)14-7-4-3-5-8-14/h3-5,7-8,11-12,16H,6,9-10,13H2,1-2H3,(H3,23,26,29). The number of primary amides is 1. The van der Waals surface area contributed by atoms with Crippen LogP contribution in [0.4, 0.5) is 9.59 Å². The SMILES string of the molecule is COC(=O)N(CCCC(NC(N)=O)c1ccccc1)Cc1nc(Cl)cc2cnn(C)c12. The Morgan fingerprint density at radius 1 is 1.32 bits per heavy atom. The molecule has 9 nitrogen and oxygen atoms in total. The van der Waals surface area contributed by atoms with Crippen molar-refractivity contribution in [3.8, 4) is 0 Å². The third kappa shape index (κ3) is 5.64. The lowest BCUT2D eigenvalue weighted by molar-refractivity contribution is 0.119. The third-order valence-corrected chi connectivity index (χ3v) is 5.16. The smallest absolute Gasteiger partial charge is 0.409 e. The number of ether oxygens (including phenoxy) is 1. The van der Waals surface area contributed by atoms with Crippen LogP contribution in [0.25, 0.3) is 10.9 Å². The van der Waals surface area contributed by atoms with Gasteiger partial charge >= 0.3 is 12.1 Å². The second-order valence-corrected chi connectivity index (χ2v) is 7.49. The number of methoxy groups -OCH3 is 1. The zero-order valence-corrected chi connectivity index (χ0v) is 18.2. The Kier molecular flexibility index (Phi) is 7.30. The van der Waals surface area contributed by atoms with Gasteiger partial charge in [-0.05, 0) is 24.5 Å². The van der Waals surface area contributed by atoms with Crippen molar-refractivity contribution in [2.75, 3.05) is 13.7 Å². The maximum Gasteiger partial charge on any atom is 0.409 e. The van der Waals surface area contributed by atoms with Crippen LogP contribution in [0, 0.1) is 0 Å². The number of nitrogens with zero attached hydrogens (tertiary/aromatic N) is 4. The summed E-state index contributed by atoms with van der Waals surface area (Å²) in [6, 6.07) is 10.4. The van der Waals surface area contributed by atoms with Crippen LogP contribution in [-0.4, -0.2) is 45.4 Å². The third-order valence-electron chi connectivity index (χ3n) is 4.97. The predicted octanol–water partition coefficient (Wildman–Crippen LogP) is 3.38. The number of rotatable bonds is 8. The van der Waals surface area contributed by atoms with Gasteiger partial charge in [-0.15, -0.1) is 0 Å². The molecule has 0 radical (unpaired) electrons. The number of hydrogen-bond acceptors (Lipinski definition) is 5. The normalized spacial score (nSPS) is 11.8. The minimum atomic E-state index is -0.597. The average molecular weight is 445 g/mol. The molecule has 0 fully saturated rings. The highest BCUT2D eigenvalue weighted by molar-refractivity contribution is 6.30. The average Bonchev–Trinajstić information content (AvgIpc) is 3.12. The van der Waals surface area contributed by atoms with Gasteiger partial charge < -0.3 is 20.7 Å². The van der Waals surface area contributed by atoms with Gasteiger partial charge in [-0.3, -0.25) is 4.68 Å². The van der Waals surface area contributed by atoms with Crippen molar-refractivity contribution in [2.24, 2.45) is 12.8 Å². The Hall–Kier alpha value is -3.33. The molecule has 2 heterocycles. The summed E-state index contributed by atoms with van der Waals surface area (Å²) >= 11 is 6.16. The first kappa shape index (κ1) is 22.4. The molecule has 164 valence electrons. The second kappa shape index (κ2) is 10.1. The molecule has 10 heteroatoms. The summed E-state index contributed by atoms with van der Waals surface area (Å²) in [5.41, 5.74) is 7.71. The van der Waals surface area contributed by atoms with Crippen molar-refractivity contribution in [3.05, 3.63) is 59.0 Å². The summed E-state index contributed by atoms with van der Waals surface area (Å²) < 4.78 is 6.66. The molecule has 3 rings (SSSR count). The number of halogens is 1. The zero-order valence-electron chi connectivity index (χ0n) is 17.4. The van der Waals surface area contributed by atoms with E-state index in [1.165, 1.54) is 7.11 Å². The van der Waals surface area contributed by atoms with Gasteiger partial charge in [0, 0.05) is 19.0 Å². The van der Waals surface area contributed by atoms with E-state index in [9.17, 15) is 9.59 Å². The number of nitrogens with two attached hydrogens (primary N) is 1. The van der Waals surface area contributed by atoms with Gasteiger partial charge in [-0.25, -0.2) is 14.6 Å². The van der Waals surface area contributed by atoms with Gasteiger partial charge in [0.1, 0.15) is 5.15 Å². The van der Waals surface area contributed by atoms with Crippen molar-refractivity contribution >= 4 is 34.6 Å². The summed E-state index contributed by atoms with van der Waals surface area (Å²) in [6.45, 7) is 0.604. The molecule has 1 aromatic carbocycles. The number of pyridine rings is 1. The summed E-state index contributed by atoms with van der Waals surface area (Å²) in [4.78, 5) is 29.8. The van der Waals surface area contributed by atoms with Gasteiger partial charge in [0.2, 0.25) is 0 Å². The van der Waals surface area contributed by atoms with Crippen LogP contribution in [0.3, 0.4) is 0 Å². The van der Waals surface area contributed by atoms with E-state index in [2.05, 4.69) is 15.4 Å². The van der Waals surface area contributed by atoms with Crippen LogP contribution in [0.2, 0.25) is 5.15 Å². The number of urea groups is 1. The summed E-state index contributed by atoms with van der Waals surface area (Å²) in [7, 11) is 3.14. The number of benzene rings is 1. The molecule has 0 saturated carbocycles. The number of hydrogen-bond donors (Lipinski definition) is 2. The molecule has 1 unspecified atom stereocenters. The Labute approximate surface area is 185 Å². The van der Waals surface area contributed by atoms with E-state index in [1.54, 1.807) is 21.8 Å². The van der Waals surface area contributed by atoms with E-state index in [0.717, 1.165) is 16.5 Å². The molecule has 0 spiro atoms. The summed E-state index contributed by atoms with van der Waals surface area (Å²) in [5.74, 6) is 0. The maximum atomic E-state index is 12.4. The molecule has 0 aliphatic rings. The Balaban J connectivity index is 1.74. The van der Waals surface area contributed by atoms with Gasteiger partial charge in [0.25, 0.3) is 0 Å². The quantitative estimate of drug-likeness (QED) is 0.517. The minimum absolute atomic E-state index is 0.211. The van der Waals surface area contributed by atoms with Crippen molar-refractivity contribution in [1.29, 1.82) is 0 Å². The van der Waals surface area contributed by atoms with Crippen molar-refractivity contribution < 1.29 is 14.3 Å². The van der Waals surface area contributed by atoms with Crippen LogP contribution in [-0.2, 0) is 18.3 Å². The fourth-order valence-corrected chi connectivity index (χ4v) is 3.80. The minimum Gasteiger partial charge on any atom is -0.453 e. The molecule has 0 aliphatic heterocycles. The number of carbonyl (C=O) groups is 2. The fourth-order valence-electron chi connectivity index (χ4n) is 3.58. The lowest BCUT2D eigenvalue weighted by atomic mass is 10.0. The molecule has 31 heavy (non-hydrogen) atoms. The first-order valence-corrected chi connectivity index (χ1v) is 10.2. The van der Waals surface area contributed by atoms with E-state index in [0.29, 0.717) is 30.2 Å². The van der Waals surface area contributed by atoms with E-state index in [-0.39, 0.29) is 12.6 Å². The number of amides is 3. The molecular weight excluding hydrogens is 420 g/mol.